The summed E-state index contributed by atoms with van der Waals surface area (Å²) in [5, 5.41) is 45.0. The van der Waals surface area contributed by atoms with Crippen molar-refractivity contribution < 1.29 is 77.9 Å². The van der Waals surface area contributed by atoms with Gasteiger partial charge in [0, 0.05) is 25.7 Å². The largest absolute Gasteiger partial charge is 0.463 e. The van der Waals surface area contributed by atoms with Crippen LogP contribution in [0, 0.1) is 0 Å². The van der Waals surface area contributed by atoms with Crippen molar-refractivity contribution in [1.29, 1.82) is 0 Å². The van der Waals surface area contributed by atoms with E-state index in [1.165, 1.54) is 0 Å². The number of Topliss-reactive ketones (excluding diaryl/α,β-unsaturated/α-hetero) is 1. The molecule has 1 saturated heterocycles. The smallest absolute Gasteiger partial charge is 0.306 e. The minimum atomic E-state index is -1.76. The van der Waals surface area contributed by atoms with Crippen molar-refractivity contribution >= 4 is 29.7 Å². The van der Waals surface area contributed by atoms with Crippen molar-refractivity contribution in [1.82, 2.24) is 0 Å². The van der Waals surface area contributed by atoms with Crippen LogP contribution in [0.4, 0.5) is 0 Å². The molecule has 0 bridgehead atoms. The van der Waals surface area contributed by atoms with Crippen molar-refractivity contribution in [3.8, 4) is 0 Å². The zero-order valence-electron chi connectivity index (χ0n) is 26.1. The number of carbonyl (C=O) groups excluding carboxylic acids is 5. The summed E-state index contributed by atoms with van der Waals surface area (Å²) in [6.07, 6.45) is 3.09. The van der Waals surface area contributed by atoms with Gasteiger partial charge in [-0.3, -0.25) is 24.0 Å². The molecule has 16 nitrogen and oxygen atoms in total. The molecule has 16 heteroatoms. The lowest BCUT2D eigenvalue weighted by Gasteiger charge is -2.38. The Balaban J connectivity index is 0. The van der Waals surface area contributed by atoms with Crippen LogP contribution in [0.2, 0.25) is 0 Å². The van der Waals surface area contributed by atoms with Gasteiger partial charge in [-0.1, -0.05) is 27.7 Å². The van der Waals surface area contributed by atoms with Gasteiger partial charge in [-0.15, -0.1) is 0 Å². The highest BCUT2D eigenvalue weighted by Crippen LogP contribution is 2.21. The minimum Gasteiger partial charge on any atom is -0.463 e. The molecule has 0 radical (unpaired) electrons. The molecule has 0 aromatic heterocycles. The fraction of sp³-hybridized carbons (Fsp3) is 0.821. The summed E-state index contributed by atoms with van der Waals surface area (Å²) < 4.78 is 28.2. The molecule has 1 aliphatic heterocycles. The third kappa shape index (κ3) is 23.7. The number of rotatable bonds is 18. The third-order valence-corrected chi connectivity index (χ3v) is 5.11. The van der Waals surface area contributed by atoms with Crippen molar-refractivity contribution in [3.05, 3.63) is 0 Å². The van der Waals surface area contributed by atoms with Crippen LogP contribution in [-0.4, -0.2) is 126 Å². The van der Waals surface area contributed by atoms with Gasteiger partial charge >= 0.3 is 23.9 Å². The summed E-state index contributed by atoms with van der Waals surface area (Å²) in [5.41, 5.74) is 0. The van der Waals surface area contributed by atoms with E-state index >= 15 is 0 Å². The van der Waals surface area contributed by atoms with Crippen molar-refractivity contribution in [2.24, 2.45) is 0 Å². The normalized spacial score (nSPS) is 19.0. The van der Waals surface area contributed by atoms with Crippen molar-refractivity contribution in [3.63, 3.8) is 0 Å². The zero-order valence-corrected chi connectivity index (χ0v) is 26.1. The van der Waals surface area contributed by atoms with Crippen LogP contribution in [0.25, 0.3) is 0 Å². The molecule has 1 heterocycles. The first-order valence-corrected chi connectivity index (χ1v) is 14.5. The molecular formula is C28H50O16. The fourth-order valence-corrected chi connectivity index (χ4v) is 2.66. The Morgan fingerprint density at radius 1 is 0.614 bits per heavy atom. The Morgan fingerprint density at radius 3 is 1.16 bits per heavy atom. The van der Waals surface area contributed by atoms with E-state index in [2.05, 4.69) is 9.47 Å². The second-order valence-corrected chi connectivity index (χ2v) is 9.67. The van der Waals surface area contributed by atoms with Gasteiger partial charge in [0.25, 0.3) is 0 Å². The second-order valence-electron chi connectivity index (χ2n) is 9.67. The van der Waals surface area contributed by atoms with Crippen molar-refractivity contribution in [2.75, 3.05) is 52.9 Å². The highest BCUT2D eigenvalue weighted by molar-refractivity contribution is 5.85. The Labute approximate surface area is 257 Å². The molecular weight excluding hydrogens is 592 g/mol. The number of hydrogen-bond acceptors (Lipinski definition) is 16. The molecule has 0 amide bonds. The maximum Gasteiger partial charge on any atom is 0.306 e. The van der Waals surface area contributed by atoms with Crippen LogP contribution in [0.1, 0.15) is 79.1 Å². The first kappa shape index (κ1) is 43.4. The highest BCUT2D eigenvalue weighted by atomic mass is 16.7. The maximum atomic E-state index is 11.1. The van der Waals surface area contributed by atoms with E-state index in [0.29, 0.717) is 51.4 Å². The first-order valence-electron chi connectivity index (χ1n) is 14.5. The lowest BCUT2D eigenvalue weighted by molar-refractivity contribution is -0.377. The predicted molar refractivity (Wildman–Crippen MR) is 150 cm³/mol. The molecule has 0 aromatic carbocycles. The summed E-state index contributed by atoms with van der Waals surface area (Å²) in [6.45, 7) is 4.54. The van der Waals surface area contributed by atoms with E-state index in [4.69, 9.17) is 29.2 Å². The monoisotopic (exact) mass is 642 g/mol. The second kappa shape index (κ2) is 25.6. The van der Waals surface area contributed by atoms with Gasteiger partial charge in [0.1, 0.15) is 32.5 Å². The van der Waals surface area contributed by atoms with Gasteiger partial charge in [0.2, 0.25) is 17.4 Å². The molecule has 1 fully saturated rings. The van der Waals surface area contributed by atoms with E-state index in [1.54, 1.807) is 0 Å². The number of carbonyl (C=O) groups is 5. The summed E-state index contributed by atoms with van der Waals surface area (Å²) in [5.74, 6) is -5.44. The summed E-state index contributed by atoms with van der Waals surface area (Å²) >= 11 is 0. The molecule has 0 spiro atoms. The number of aliphatic hydroxyl groups is 5. The van der Waals surface area contributed by atoms with Gasteiger partial charge in [-0.2, -0.15) is 0 Å². The van der Waals surface area contributed by atoms with E-state index in [9.17, 15) is 39.3 Å². The molecule has 2 unspecified atom stereocenters. The average molecular weight is 643 g/mol. The Bertz CT molecular complexity index is 758. The third-order valence-electron chi connectivity index (χ3n) is 5.11. The average Bonchev–Trinajstić information content (AvgIpc) is 3.00. The Hall–Kier alpha value is -2.73. The summed E-state index contributed by atoms with van der Waals surface area (Å²) in [6, 6.07) is 0. The molecule has 1 aliphatic rings. The summed E-state index contributed by atoms with van der Waals surface area (Å²) in [7, 11) is 0. The van der Waals surface area contributed by atoms with E-state index in [0.717, 1.165) is 0 Å². The molecule has 258 valence electrons. The fourth-order valence-electron chi connectivity index (χ4n) is 2.66. The zero-order chi connectivity index (χ0) is 34.0. The van der Waals surface area contributed by atoms with Gasteiger partial charge in [0.05, 0.1) is 13.2 Å². The molecule has 0 aromatic rings. The van der Waals surface area contributed by atoms with E-state index in [-0.39, 0.29) is 51.6 Å². The summed E-state index contributed by atoms with van der Waals surface area (Å²) in [4.78, 5) is 54.8. The van der Waals surface area contributed by atoms with Crippen LogP contribution < -0.4 is 0 Å². The van der Waals surface area contributed by atoms with Gasteiger partial charge in [0.15, 0.2) is 13.2 Å². The number of ketones is 1. The molecule has 44 heavy (non-hydrogen) atoms. The van der Waals surface area contributed by atoms with Gasteiger partial charge < -0.3 is 54.0 Å². The highest BCUT2D eigenvalue weighted by Gasteiger charge is 2.42. The standard InChI is InChI=1S/C11H20O5.C11H18O5.C6H12O6/c2*1-3-5-10(13)15-7-9(12)8-16-11(14)6-4-2;7-1-5(9)3-12-6(10,2-8)4-11-5/h9,12H,3-8H2,1-2H3;3-8H2,1-2H3;7-10H,1-4H2. The van der Waals surface area contributed by atoms with Gasteiger partial charge in [-0.05, 0) is 25.7 Å². The SMILES string of the molecule is CCCC(=O)OCC(=O)COC(=O)CCC.CCCC(=O)OCC(O)COC(=O)CCC.OCC1(O)COC(O)(CO)CO1. The number of aliphatic hydroxyl groups excluding tert-OH is 3. The predicted octanol–water partition coefficient (Wildman–Crippen LogP) is -0.329. The van der Waals surface area contributed by atoms with Crippen LogP contribution in [0.5, 0.6) is 0 Å². The number of esters is 4. The van der Waals surface area contributed by atoms with E-state index < -0.39 is 48.6 Å². The van der Waals surface area contributed by atoms with Crippen LogP contribution in [-0.2, 0) is 52.4 Å². The van der Waals surface area contributed by atoms with E-state index in [1.807, 2.05) is 27.7 Å². The quantitative estimate of drug-likeness (QED) is 0.0949. The number of hydrogen-bond donors (Lipinski definition) is 5. The molecule has 5 N–H and O–H groups in total. The topological polar surface area (TPSA) is 242 Å². The number of ether oxygens (including phenoxy) is 6. The van der Waals surface area contributed by atoms with Crippen LogP contribution in [0.15, 0.2) is 0 Å². The van der Waals surface area contributed by atoms with Gasteiger partial charge in [-0.25, -0.2) is 0 Å². The lowest BCUT2D eigenvalue weighted by Crippen LogP contribution is -2.56. The Kier molecular flexibility index (Phi) is 25.2. The first-order chi connectivity index (χ1) is 20.7. The molecule has 0 saturated carbocycles. The molecule has 1 rings (SSSR count). The maximum absolute atomic E-state index is 11.1. The van der Waals surface area contributed by atoms with Crippen molar-refractivity contribution in [2.45, 2.75) is 96.7 Å². The molecule has 0 aliphatic carbocycles. The molecule has 2 atom stereocenters. The Morgan fingerprint density at radius 2 is 0.909 bits per heavy atom. The lowest BCUT2D eigenvalue weighted by atomic mass is 10.2. The van der Waals surface area contributed by atoms with Crippen LogP contribution >= 0.6 is 0 Å². The van der Waals surface area contributed by atoms with Crippen LogP contribution in [0.3, 0.4) is 0 Å². The minimum absolute atomic E-state index is 0.127.